The summed E-state index contributed by atoms with van der Waals surface area (Å²) >= 11 is 0. The molecule has 21 heteroatoms. The third-order valence-electron chi connectivity index (χ3n) is 7.31. The van der Waals surface area contributed by atoms with Gasteiger partial charge in [0.15, 0.2) is 0 Å². The summed E-state index contributed by atoms with van der Waals surface area (Å²) in [5, 5.41) is 81.6. The summed E-state index contributed by atoms with van der Waals surface area (Å²) in [7, 11) is -8.03. The average Bonchev–Trinajstić information content (AvgIpc) is 3.39. The molecule has 5 aromatic carbocycles. The number of azo groups is 2. The fourth-order valence-corrected chi connectivity index (χ4v) is 5.87. The van der Waals surface area contributed by atoms with Crippen molar-refractivity contribution in [3.8, 4) is 28.8 Å². The number of nitrogens with two attached hydrogens (primary N) is 2. The number of para-hydroxylation sites is 1. The summed E-state index contributed by atoms with van der Waals surface area (Å²) in [4.78, 5) is 10.9. The van der Waals surface area contributed by atoms with Crippen LogP contribution in [-0.4, -0.2) is 32.5 Å². The number of fused-ring (bicyclic) bond motifs is 1. The number of amides is 1. The van der Waals surface area contributed by atoms with Crippen LogP contribution in [0.3, 0.4) is 0 Å². The van der Waals surface area contributed by atoms with Crippen molar-refractivity contribution in [1.82, 2.24) is 9.78 Å². The fraction of sp³-hybridized carbons (Fsp3) is 0.0588. The standard InChI is InChI=1S/C18H16N4O5S.C16H15N5O4S.Cr/c1-10(23)20-13-4-2-3-11-5-7-16(25)18(17(11)13)22-21-14-9-12(28(19,26)27)6-8-15(14)24;1-10-15(16(23)21(20-10)11-5-3-2-4-6-11)19-18-13-9-12(26(17,24)25)7-8-14(13)22;/h2-9,24-25H,1H3,(H,20,23)(H2,19,26,27);2-9,22-23H,1H3,(H2,17,24,25);/q;;+3/p-3. The van der Waals surface area contributed by atoms with Crippen molar-refractivity contribution in [2.75, 3.05) is 5.32 Å². The molecule has 6 rings (SSSR count). The van der Waals surface area contributed by atoms with Crippen molar-refractivity contribution in [2.24, 2.45) is 30.7 Å². The molecule has 0 fully saturated rings. The topological polar surface area (TPSA) is 309 Å². The first-order chi connectivity index (χ1) is 25.4. The number of primary sulfonamides is 2. The van der Waals surface area contributed by atoms with Crippen molar-refractivity contribution in [1.29, 1.82) is 0 Å². The van der Waals surface area contributed by atoms with Gasteiger partial charge in [-0.15, -0.1) is 5.11 Å². The van der Waals surface area contributed by atoms with Crippen LogP contribution in [0, 0.1) is 6.92 Å². The Morgan fingerprint density at radius 1 is 0.709 bits per heavy atom. The molecule has 5 N–H and O–H groups in total. The van der Waals surface area contributed by atoms with Crippen LogP contribution < -0.4 is 36.0 Å². The van der Waals surface area contributed by atoms with Gasteiger partial charge in [0, 0.05) is 18.2 Å². The number of nitrogens with one attached hydrogen (secondary N) is 1. The first-order valence-corrected chi connectivity index (χ1v) is 18.4. The maximum absolute atomic E-state index is 12.5. The van der Waals surface area contributed by atoms with Crippen molar-refractivity contribution in [3.63, 3.8) is 0 Å². The molecule has 1 aromatic heterocycles. The summed E-state index contributed by atoms with van der Waals surface area (Å²) in [6, 6.07) is 22.8. The Morgan fingerprint density at radius 2 is 1.24 bits per heavy atom. The second-order valence-corrected chi connectivity index (χ2v) is 14.4. The van der Waals surface area contributed by atoms with Crippen LogP contribution in [0.25, 0.3) is 16.5 Å². The summed E-state index contributed by atoms with van der Waals surface area (Å²) in [6.45, 7) is 2.90. The van der Waals surface area contributed by atoms with E-state index in [9.17, 15) is 42.1 Å². The minimum Gasteiger partial charge on any atom is -0.871 e. The van der Waals surface area contributed by atoms with E-state index in [4.69, 9.17) is 10.3 Å². The number of aryl methyl sites for hydroxylation is 1. The quantitative estimate of drug-likeness (QED) is 0.188. The smallest absolute Gasteiger partial charge is 0.871 e. The molecule has 1 heterocycles. The average molecular weight is 823 g/mol. The molecule has 18 nitrogen and oxygen atoms in total. The van der Waals surface area contributed by atoms with Gasteiger partial charge in [-0.2, -0.15) is 20.4 Å². The number of aromatic nitrogens is 2. The first-order valence-electron chi connectivity index (χ1n) is 15.3. The molecule has 1 radical (unpaired) electrons. The fourth-order valence-electron chi connectivity index (χ4n) is 4.80. The Bertz CT molecular complexity index is 2700. The third-order valence-corrected chi connectivity index (χ3v) is 9.14. The van der Waals surface area contributed by atoms with Crippen molar-refractivity contribution in [3.05, 3.63) is 103 Å². The molecule has 6 aromatic rings. The SMILES string of the molecule is CC(=O)Nc1cccc2ccc([O-])c(N=Nc3cc(S(N)(=O)=O)ccc3[O-])c12.Cc1nn(-c2ccccc2)c([O-])c1N=Nc1cc(S(N)(=O)=O)ccc1[O-].[Cr+3].[H+]. The van der Waals surface area contributed by atoms with Crippen LogP contribution in [0.15, 0.2) is 127 Å². The molecule has 0 bridgehead atoms. The summed E-state index contributed by atoms with van der Waals surface area (Å²) < 4.78 is 46.8. The largest absolute Gasteiger partial charge is 3.00 e. The number of hydrogen-bond donors (Lipinski definition) is 3. The number of carbonyl (C=O) groups is 1. The van der Waals surface area contributed by atoms with Gasteiger partial charge in [0.05, 0.1) is 43.9 Å². The first kappa shape index (κ1) is 41.5. The molecule has 0 aliphatic heterocycles. The monoisotopic (exact) mass is 822 g/mol. The van der Waals surface area contributed by atoms with Crippen molar-refractivity contribution in [2.45, 2.75) is 23.6 Å². The maximum Gasteiger partial charge on any atom is 3.00 e. The molecule has 0 saturated carbocycles. The number of carbonyl (C=O) groups excluding carboxylic acids is 1. The number of rotatable bonds is 8. The van der Waals surface area contributed by atoms with Crippen LogP contribution in [0.2, 0.25) is 0 Å². The summed E-state index contributed by atoms with van der Waals surface area (Å²) in [6.07, 6.45) is 0. The van der Waals surface area contributed by atoms with E-state index in [0.717, 1.165) is 36.4 Å². The molecule has 0 aliphatic carbocycles. The molecule has 1 amide bonds. The Hall–Kier alpha value is -6.21. The van der Waals surface area contributed by atoms with Gasteiger partial charge in [-0.25, -0.2) is 31.8 Å². The molecule has 0 unspecified atom stereocenters. The Labute approximate surface area is 325 Å². The van der Waals surface area contributed by atoms with E-state index in [0.29, 0.717) is 27.8 Å². The third kappa shape index (κ3) is 9.86. The van der Waals surface area contributed by atoms with E-state index >= 15 is 0 Å². The van der Waals surface area contributed by atoms with Crippen LogP contribution in [0.1, 0.15) is 14.0 Å². The Balaban J connectivity index is 0.000000291. The Morgan fingerprint density at radius 3 is 1.76 bits per heavy atom. The van der Waals surface area contributed by atoms with E-state index in [2.05, 4.69) is 30.9 Å². The minimum absolute atomic E-state index is 0. The summed E-state index contributed by atoms with van der Waals surface area (Å²) in [5.41, 5.74) is 0.553. The normalized spacial score (nSPS) is 11.6. The van der Waals surface area contributed by atoms with Crippen LogP contribution >= 0.6 is 0 Å². The maximum atomic E-state index is 12.5. The molecule has 0 aliphatic rings. The molecule has 0 saturated heterocycles. The van der Waals surface area contributed by atoms with Gasteiger partial charge in [-0.05, 0) is 54.8 Å². The number of anilines is 1. The molecule has 0 spiro atoms. The van der Waals surface area contributed by atoms with Crippen molar-refractivity contribution >= 4 is 65.2 Å². The zero-order valence-electron chi connectivity index (χ0n) is 29.5. The molecule has 281 valence electrons. The Kier molecular flexibility index (Phi) is 12.7. The van der Waals surface area contributed by atoms with Crippen LogP contribution in [0.4, 0.5) is 28.4 Å². The van der Waals surface area contributed by atoms with E-state index in [1.165, 1.54) is 17.7 Å². The molecular weight excluding hydrogens is 795 g/mol. The van der Waals surface area contributed by atoms with Crippen LogP contribution in [0.5, 0.6) is 23.1 Å². The molecular formula is C34H28CrN9O9S2. The van der Waals surface area contributed by atoms with Crippen molar-refractivity contribution < 1.29 is 60.8 Å². The van der Waals surface area contributed by atoms with Gasteiger partial charge in [0.2, 0.25) is 26.0 Å². The van der Waals surface area contributed by atoms with Gasteiger partial charge in [0.25, 0.3) is 0 Å². The van der Waals surface area contributed by atoms with E-state index < -0.39 is 43.2 Å². The van der Waals surface area contributed by atoms with Gasteiger partial charge in [-0.1, -0.05) is 71.8 Å². The number of sulfonamides is 2. The second-order valence-electron chi connectivity index (χ2n) is 11.2. The van der Waals surface area contributed by atoms with Gasteiger partial charge >= 0.3 is 18.8 Å². The molecule has 0 atom stereocenters. The zero-order chi connectivity index (χ0) is 39.4. The zero-order valence-corrected chi connectivity index (χ0v) is 31.4. The number of nitrogens with zero attached hydrogens (tertiary/aromatic N) is 6. The van der Waals surface area contributed by atoms with E-state index in [-0.39, 0.29) is 57.2 Å². The van der Waals surface area contributed by atoms with E-state index in [1.807, 2.05) is 0 Å². The number of benzene rings is 5. The van der Waals surface area contributed by atoms with E-state index in [1.54, 1.807) is 61.5 Å². The van der Waals surface area contributed by atoms with Gasteiger partial charge in [0.1, 0.15) is 5.69 Å². The number of hydrogen-bond acceptors (Lipinski definition) is 14. The predicted octanol–water partition coefficient (Wildman–Crippen LogP) is 3.51. The molecule has 55 heavy (non-hydrogen) atoms. The van der Waals surface area contributed by atoms with Crippen LogP contribution in [-0.2, 0) is 42.2 Å². The van der Waals surface area contributed by atoms with Gasteiger partial charge < -0.3 is 25.7 Å². The van der Waals surface area contributed by atoms with Gasteiger partial charge in [-0.3, -0.25) is 4.79 Å². The predicted molar refractivity (Wildman–Crippen MR) is 189 cm³/mol. The minimum atomic E-state index is -4.04. The second kappa shape index (κ2) is 16.9. The summed E-state index contributed by atoms with van der Waals surface area (Å²) in [5.74, 6) is -2.47.